The summed E-state index contributed by atoms with van der Waals surface area (Å²) in [6.45, 7) is 9.11. The third-order valence-corrected chi connectivity index (χ3v) is 8.10. The van der Waals surface area contributed by atoms with E-state index in [1.807, 2.05) is 43.6 Å². The van der Waals surface area contributed by atoms with Crippen molar-refractivity contribution in [3.63, 3.8) is 0 Å². The van der Waals surface area contributed by atoms with Gasteiger partial charge in [-0.1, -0.05) is 45.0 Å². The Hall–Kier alpha value is -2.85. The molecular weight excluding hydrogens is 495 g/mol. The number of nitrogens with one attached hydrogen (secondary N) is 2. The van der Waals surface area contributed by atoms with Crippen molar-refractivity contribution in [1.82, 2.24) is 20.5 Å². The molecule has 2 heterocycles. The minimum Gasteiger partial charge on any atom is -0.391 e. The Balaban J connectivity index is 1.46. The van der Waals surface area contributed by atoms with E-state index in [1.54, 1.807) is 32.1 Å². The van der Waals surface area contributed by atoms with Crippen LogP contribution in [-0.4, -0.2) is 63.1 Å². The average molecular weight is 531 g/mol. The molecule has 1 aliphatic carbocycles. The number of rotatable bonds is 7. The van der Waals surface area contributed by atoms with E-state index in [1.165, 1.54) is 4.90 Å². The molecule has 2 aromatic rings. The number of carbonyl (C=O) groups excluding carboxylic acids is 3. The first kappa shape index (κ1) is 27.2. The molecule has 0 radical (unpaired) electrons. The lowest BCUT2D eigenvalue weighted by Gasteiger charge is -2.35. The molecule has 200 valence electrons. The summed E-state index contributed by atoms with van der Waals surface area (Å²) in [7, 11) is 0. The number of aromatic nitrogens is 1. The smallest absolute Gasteiger partial charge is 0.258 e. The molecule has 2 aliphatic rings. The summed E-state index contributed by atoms with van der Waals surface area (Å²) < 4.78 is 14.3. The number of amides is 3. The first-order valence-corrected chi connectivity index (χ1v) is 13.5. The Bertz CT molecular complexity index is 1170. The Morgan fingerprint density at radius 3 is 2.38 bits per heavy atom. The molecule has 1 aromatic heterocycles. The highest BCUT2D eigenvalue weighted by Gasteiger charge is 2.53. The summed E-state index contributed by atoms with van der Waals surface area (Å²) in [4.78, 5) is 46.0. The van der Waals surface area contributed by atoms with Gasteiger partial charge in [0, 0.05) is 13.0 Å². The number of benzene rings is 1. The van der Waals surface area contributed by atoms with Gasteiger partial charge in [-0.3, -0.25) is 14.4 Å². The number of hydrogen-bond acceptors (Lipinski definition) is 6. The van der Waals surface area contributed by atoms with Gasteiger partial charge >= 0.3 is 0 Å². The predicted octanol–water partition coefficient (Wildman–Crippen LogP) is 3.29. The number of aliphatic hydroxyl groups is 1. The molecule has 10 heteroatoms. The van der Waals surface area contributed by atoms with Crippen molar-refractivity contribution in [2.75, 3.05) is 6.54 Å². The van der Waals surface area contributed by atoms with Crippen molar-refractivity contribution in [2.45, 2.75) is 83.8 Å². The molecule has 0 spiro atoms. The van der Waals surface area contributed by atoms with Gasteiger partial charge in [0.15, 0.2) is 5.67 Å². The predicted molar refractivity (Wildman–Crippen MR) is 139 cm³/mol. The van der Waals surface area contributed by atoms with Crippen LogP contribution in [0.3, 0.4) is 0 Å². The molecule has 1 saturated carbocycles. The van der Waals surface area contributed by atoms with E-state index in [0.717, 1.165) is 21.7 Å². The third-order valence-electron chi connectivity index (χ3n) is 7.13. The first-order valence-electron chi connectivity index (χ1n) is 12.6. The lowest BCUT2D eigenvalue weighted by Crippen LogP contribution is -2.59. The average Bonchev–Trinajstić information content (AvgIpc) is 3.25. The number of β-amino-alcohol motifs (C(OH)–C–C–N with tert-alkyl or cyclic N) is 1. The number of carbonyl (C=O) groups is 3. The fraction of sp³-hybridized carbons (Fsp3) is 0.556. The number of likely N-dealkylation sites (tertiary alicyclic amines) is 1. The fourth-order valence-corrected chi connectivity index (χ4v) is 5.42. The second-order valence-corrected chi connectivity index (χ2v) is 12.1. The van der Waals surface area contributed by atoms with Gasteiger partial charge in [0.2, 0.25) is 11.8 Å². The molecular formula is C27H35FN4O4S. The second-order valence-electron chi connectivity index (χ2n) is 11.3. The molecule has 4 atom stereocenters. The highest BCUT2D eigenvalue weighted by atomic mass is 32.1. The minimum absolute atomic E-state index is 0.0303. The van der Waals surface area contributed by atoms with Crippen LogP contribution in [0.5, 0.6) is 0 Å². The van der Waals surface area contributed by atoms with E-state index in [2.05, 4.69) is 15.6 Å². The van der Waals surface area contributed by atoms with Crippen molar-refractivity contribution < 1.29 is 23.9 Å². The highest BCUT2D eigenvalue weighted by molar-refractivity contribution is 7.13. The molecule has 37 heavy (non-hydrogen) atoms. The SMILES string of the molecule is Cc1ncsc1-c1ccc(C(C)NC(=O)[C@@H]2C[C@@H](O)CN2C(=O)[C@@H](NC(=O)C2(F)CC2)C(C)(C)C)cc1. The van der Waals surface area contributed by atoms with Gasteiger partial charge in [-0.2, -0.15) is 0 Å². The topological polar surface area (TPSA) is 112 Å². The quantitative estimate of drug-likeness (QED) is 0.509. The molecule has 4 rings (SSSR count). The lowest BCUT2D eigenvalue weighted by atomic mass is 9.85. The van der Waals surface area contributed by atoms with Crippen LogP contribution < -0.4 is 10.6 Å². The van der Waals surface area contributed by atoms with E-state index in [9.17, 15) is 23.9 Å². The fourth-order valence-electron chi connectivity index (χ4n) is 4.61. The summed E-state index contributed by atoms with van der Waals surface area (Å²) >= 11 is 1.57. The minimum atomic E-state index is -1.92. The van der Waals surface area contributed by atoms with Gasteiger partial charge in [0.25, 0.3) is 5.91 Å². The van der Waals surface area contributed by atoms with E-state index in [-0.39, 0.29) is 37.8 Å². The largest absolute Gasteiger partial charge is 0.391 e. The standard InChI is InChI=1S/C27H35FN4O4S/c1-15(17-6-8-18(9-7-17)21-16(2)29-14-37-21)30-23(34)20-12-19(33)13-32(20)24(35)22(26(3,4)5)31-25(36)27(28)10-11-27/h6-9,14-15,19-20,22,33H,10-13H2,1-5H3,(H,30,34)(H,31,36)/t15?,19-,20+,22-/m1/s1. The number of halogens is 1. The van der Waals surface area contributed by atoms with Gasteiger partial charge in [0.1, 0.15) is 12.1 Å². The van der Waals surface area contributed by atoms with Crippen molar-refractivity contribution in [1.29, 1.82) is 0 Å². The van der Waals surface area contributed by atoms with Crippen molar-refractivity contribution in [2.24, 2.45) is 5.41 Å². The van der Waals surface area contributed by atoms with Crippen LogP contribution in [0.4, 0.5) is 4.39 Å². The first-order chi connectivity index (χ1) is 17.3. The lowest BCUT2D eigenvalue weighted by molar-refractivity contribution is -0.145. The summed E-state index contributed by atoms with van der Waals surface area (Å²) in [6, 6.07) is 5.60. The molecule has 2 fully saturated rings. The molecule has 3 amide bonds. The van der Waals surface area contributed by atoms with E-state index < -0.39 is 41.1 Å². The van der Waals surface area contributed by atoms with Gasteiger partial charge in [-0.25, -0.2) is 9.37 Å². The molecule has 3 N–H and O–H groups in total. The summed E-state index contributed by atoms with van der Waals surface area (Å²) in [5.74, 6) is -1.69. The van der Waals surface area contributed by atoms with E-state index in [4.69, 9.17) is 0 Å². The van der Waals surface area contributed by atoms with Crippen molar-refractivity contribution >= 4 is 29.1 Å². The molecule has 1 unspecified atom stereocenters. The van der Waals surface area contributed by atoms with Crippen LogP contribution in [0.25, 0.3) is 10.4 Å². The number of aryl methyl sites for hydroxylation is 1. The van der Waals surface area contributed by atoms with E-state index in [0.29, 0.717) is 0 Å². The zero-order valence-corrected chi connectivity index (χ0v) is 22.7. The highest BCUT2D eigenvalue weighted by Crippen LogP contribution is 2.40. The maximum atomic E-state index is 14.3. The zero-order valence-electron chi connectivity index (χ0n) is 21.9. The molecule has 1 aromatic carbocycles. The molecule has 1 saturated heterocycles. The van der Waals surface area contributed by atoms with Crippen LogP contribution in [0.1, 0.15) is 64.3 Å². The van der Waals surface area contributed by atoms with Gasteiger partial charge in [-0.05, 0) is 43.2 Å². The molecule has 1 aliphatic heterocycles. The number of nitrogens with zero attached hydrogens (tertiary/aromatic N) is 2. The Morgan fingerprint density at radius 1 is 1.19 bits per heavy atom. The van der Waals surface area contributed by atoms with E-state index >= 15 is 0 Å². The Labute approximate surface area is 220 Å². The van der Waals surface area contributed by atoms with Crippen LogP contribution in [0.15, 0.2) is 29.8 Å². The van der Waals surface area contributed by atoms with Crippen molar-refractivity contribution in [3.05, 3.63) is 41.0 Å². The van der Waals surface area contributed by atoms with Crippen molar-refractivity contribution in [3.8, 4) is 10.4 Å². The van der Waals surface area contributed by atoms with Crippen LogP contribution in [0.2, 0.25) is 0 Å². The number of alkyl halides is 1. The van der Waals surface area contributed by atoms with Gasteiger partial charge in [-0.15, -0.1) is 11.3 Å². The number of thiazole rings is 1. The Morgan fingerprint density at radius 2 is 1.84 bits per heavy atom. The maximum absolute atomic E-state index is 14.3. The molecule has 0 bridgehead atoms. The number of hydrogen-bond donors (Lipinski definition) is 3. The summed E-state index contributed by atoms with van der Waals surface area (Å²) in [6.07, 6.45) is -0.504. The normalized spacial score (nSPS) is 22.3. The van der Waals surface area contributed by atoms with Crippen LogP contribution in [0, 0.1) is 12.3 Å². The van der Waals surface area contributed by atoms with Crippen LogP contribution >= 0.6 is 11.3 Å². The Kier molecular flexibility index (Phi) is 7.45. The zero-order chi connectivity index (χ0) is 27.1. The molecule has 8 nitrogen and oxygen atoms in total. The maximum Gasteiger partial charge on any atom is 0.258 e. The van der Waals surface area contributed by atoms with Crippen LogP contribution in [-0.2, 0) is 14.4 Å². The third kappa shape index (κ3) is 5.85. The van der Waals surface area contributed by atoms with Gasteiger partial charge in [0.05, 0.1) is 28.2 Å². The monoisotopic (exact) mass is 530 g/mol. The van der Waals surface area contributed by atoms with Gasteiger partial charge < -0.3 is 20.6 Å². The summed E-state index contributed by atoms with van der Waals surface area (Å²) in [5.41, 5.74) is 2.07. The number of aliphatic hydroxyl groups excluding tert-OH is 1. The second kappa shape index (κ2) is 10.1. The summed E-state index contributed by atoms with van der Waals surface area (Å²) in [5, 5.41) is 15.9.